The van der Waals surface area contributed by atoms with Crippen molar-refractivity contribution in [1.82, 2.24) is 25.6 Å². The van der Waals surface area contributed by atoms with Crippen LogP contribution in [0.5, 0.6) is 0 Å². The fraction of sp³-hybridized carbons (Fsp3) is 0.235. The van der Waals surface area contributed by atoms with Gasteiger partial charge in [0.2, 0.25) is 5.91 Å². The molecule has 2 heterocycles. The lowest BCUT2D eigenvalue weighted by Crippen LogP contribution is -2.37. The number of rotatable bonds is 6. The summed E-state index contributed by atoms with van der Waals surface area (Å²) >= 11 is 1.44. The molecule has 1 aromatic carbocycles. The van der Waals surface area contributed by atoms with Crippen LogP contribution in [0.2, 0.25) is 0 Å². The Bertz CT molecular complexity index is 876. The summed E-state index contributed by atoms with van der Waals surface area (Å²) in [5, 5.41) is 5.90. The standard InChI is InChI=1S/C17H17N5O2S/c1-2-7-18-13(23)10-21-16(24)14-15(20-9-8-19-14)17-22-11-5-3-4-6-12(11)25-17/h3-6,8-9H,2,7,10H2,1H3,(H,18,23)(H,21,24). The van der Waals surface area contributed by atoms with Crippen LogP contribution in [0.4, 0.5) is 0 Å². The van der Waals surface area contributed by atoms with E-state index in [-0.39, 0.29) is 18.1 Å². The van der Waals surface area contributed by atoms with Crippen LogP contribution in [0.25, 0.3) is 20.9 Å². The monoisotopic (exact) mass is 355 g/mol. The Hall–Kier alpha value is -2.87. The summed E-state index contributed by atoms with van der Waals surface area (Å²) in [6, 6.07) is 7.71. The predicted octanol–water partition coefficient (Wildman–Crippen LogP) is 2.01. The van der Waals surface area contributed by atoms with Gasteiger partial charge in [-0.3, -0.25) is 9.59 Å². The Kier molecular flexibility index (Phi) is 5.30. The number of carbonyl (C=O) groups is 2. The molecule has 8 heteroatoms. The molecule has 0 fully saturated rings. The van der Waals surface area contributed by atoms with E-state index in [4.69, 9.17) is 0 Å². The van der Waals surface area contributed by atoms with E-state index in [1.165, 1.54) is 23.7 Å². The number of hydrogen-bond acceptors (Lipinski definition) is 6. The fourth-order valence-electron chi connectivity index (χ4n) is 2.21. The van der Waals surface area contributed by atoms with E-state index >= 15 is 0 Å². The van der Waals surface area contributed by atoms with Gasteiger partial charge in [-0.2, -0.15) is 0 Å². The average molecular weight is 355 g/mol. The van der Waals surface area contributed by atoms with E-state index in [0.717, 1.165) is 16.6 Å². The van der Waals surface area contributed by atoms with Gasteiger partial charge in [-0.1, -0.05) is 19.1 Å². The topological polar surface area (TPSA) is 96.9 Å². The lowest BCUT2D eigenvalue weighted by atomic mass is 10.3. The molecule has 0 aliphatic rings. The van der Waals surface area contributed by atoms with Crippen molar-refractivity contribution in [3.8, 4) is 10.7 Å². The smallest absolute Gasteiger partial charge is 0.272 e. The number of benzene rings is 1. The van der Waals surface area contributed by atoms with Gasteiger partial charge in [0.15, 0.2) is 5.69 Å². The van der Waals surface area contributed by atoms with E-state index in [2.05, 4.69) is 25.6 Å². The third-order valence-corrected chi connectivity index (χ3v) is 4.43. The Balaban J connectivity index is 1.81. The summed E-state index contributed by atoms with van der Waals surface area (Å²) in [5.41, 5.74) is 1.42. The third kappa shape index (κ3) is 3.97. The average Bonchev–Trinajstić information content (AvgIpc) is 3.08. The number of para-hydroxylation sites is 1. The van der Waals surface area contributed by atoms with Crippen LogP contribution >= 0.6 is 11.3 Å². The summed E-state index contributed by atoms with van der Waals surface area (Å²) in [6.07, 6.45) is 3.81. The number of aromatic nitrogens is 3. The first-order chi connectivity index (χ1) is 12.2. The van der Waals surface area contributed by atoms with E-state index in [0.29, 0.717) is 17.2 Å². The fourth-order valence-corrected chi connectivity index (χ4v) is 3.17. The van der Waals surface area contributed by atoms with Crippen molar-refractivity contribution in [2.75, 3.05) is 13.1 Å². The van der Waals surface area contributed by atoms with Crippen molar-refractivity contribution in [1.29, 1.82) is 0 Å². The second-order valence-corrected chi connectivity index (χ2v) is 6.30. The van der Waals surface area contributed by atoms with Gasteiger partial charge >= 0.3 is 0 Å². The minimum Gasteiger partial charge on any atom is -0.355 e. The van der Waals surface area contributed by atoms with Gasteiger partial charge in [-0.15, -0.1) is 11.3 Å². The second-order valence-electron chi connectivity index (χ2n) is 5.27. The number of nitrogens with zero attached hydrogens (tertiary/aromatic N) is 3. The lowest BCUT2D eigenvalue weighted by Gasteiger charge is -2.07. The van der Waals surface area contributed by atoms with Gasteiger partial charge in [-0.25, -0.2) is 15.0 Å². The molecule has 0 unspecified atom stereocenters. The number of nitrogens with one attached hydrogen (secondary N) is 2. The zero-order valence-electron chi connectivity index (χ0n) is 13.7. The van der Waals surface area contributed by atoms with Crippen molar-refractivity contribution < 1.29 is 9.59 Å². The molecule has 7 nitrogen and oxygen atoms in total. The van der Waals surface area contributed by atoms with E-state index in [1.54, 1.807) is 0 Å². The maximum absolute atomic E-state index is 12.4. The molecule has 2 aromatic heterocycles. The molecule has 0 atom stereocenters. The summed E-state index contributed by atoms with van der Waals surface area (Å²) in [4.78, 5) is 37.0. The van der Waals surface area contributed by atoms with E-state index in [1.807, 2.05) is 31.2 Å². The number of carbonyl (C=O) groups excluding carboxylic acids is 2. The first-order valence-electron chi connectivity index (χ1n) is 7.91. The normalized spacial score (nSPS) is 10.6. The zero-order valence-corrected chi connectivity index (χ0v) is 14.5. The first kappa shape index (κ1) is 17.0. The van der Waals surface area contributed by atoms with Gasteiger partial charge in [-0.05, 0) is 18.6 Å². The van der Waals surface area contributed by atoms with Crippen molar-refractivity contribution in [3.05, 3.63) is 42.4 Å². The predicted molar refractivity (Wildman–Crippen MR) is 96.3 cm³/mol. The molecule has 3 aromatic rings. The minimum absolute atomic E-state index is 0.102. The molecule has 128 valence electrons. The molecule has 2 amide bonds. The Morgan fingerprint density at radius 1 is 1.12 bits per heavy atom. The third-order valence-electron chi connectivity index (χ3n) is 3.39. The summed E-state index contributed by atoms with van der Waals surface area (Å²) in [7, 11) is 0. The SMILES string of the molecule is CCCNC(=O)CNC(=O)c1nccnc1-c1nc2ccccc2s1. The molecule has 0 radical (unpaired) electrons. The van der Waals surface area contributed by atoms with Crippen molar-refractivity contribution in [2.45, 2.75) is 13.3 Å². The van der Waals surface area contributed by atoms with Crippen molar-refractivity contribution in [2.24, 2.45) is 0 Å². The molecule has 2 N–H and O–H groups in total. The van der Waals surface area contributed by atoms with Gasteiger partial charge < -0.3 is 10.6 Å². The number of hydrogen-bond donors (Lipinski definition) is 2. The molecule has 0 aliphatic carbocycles. The summed E-state index contributed by atoms with van der Waals surface area (Å²) < 4.78 is 1.01. The highest BCUT2D eigenvalue weighted by molar-refractivity contribution is 7.21. The summed E-state index contributed by atoms with van der Waals surface area (Å²) in [6.45, 7) is 2.44. The lowest BCUT2D eigenvalue weighted by molar-refractivity contribution is -0.120. The maximum atomic E-state index is 12.4. The molecular formula is C17H17N5O2S. The van der Waals surface area contributed by atoms with E-state index in [9.17, 15) is 9.59 Å². The van der Waals surface area contributed by atoms with Gasteiger partial charge in [0.1, 0.15) is 10.7 Å². The maximum Gasteiger partial charge on any atom is 0.272 e. The highest BCUT2D eigenvalue weighted by atomic mass is 32.1. The highest BCUT2D eigenvalue weighted by Gasteiger charge is 2.19. The van der Waals surface area contributed by atoms with Crippen LogP contribution in [0.1, 0.15) is 23.8 Å². The number of thiazole rings is 1. The molecule has 0 spiro atoms. The largest absolute Gasteiger partial charge is 0.355 e. The Morgan fingerprint density at radius 3 is 2.72 bits per heavy atom. The molecule has 25 heavy (non-hydrogen) atoms. The molecule has 0 saturated carbocycles. The number of fused-ring (bicyclic) bond motifs is 1. The molecular weight excluding hydrogens is 338 g/mol. The Morgan fingerprint density at radius 2 is 1.92 bits per heavy atom. The second kappa shape index (κ2) is 7.80. The van der Waals surface area contributed by atoms with Crippen LogP contribution < -0.4 is 10.6 Å². The van der Waals surface area contributed by atoms with Gasteiger partial charge in [0, 0.05) is 18.9 Å². The minimum atomic E-state index is -0.450. The van der Waals surface area contributed by atoms with Gasteiger partial charge in [0.25, 0.3) is 5.91 Å². The van der Waals surface area contributed by atoms with Crippen LogP contribution in [-0.2, 0) is 4.79 Å². The van der Waals surface area contributed by atoms with Crippen molar-refractivity contribution >= 4 is 33.4 Å². The van der Waals surface area contributed by atoms with E-state index < -0.39 is 5.91 Å². The highest BCUT2D eigenvalue weighted by Crippen LogP contribution is 2.29. The zero-order chi connectivity index (χ0) is 17.6. The summed E-state index contributed by atoms with van der Waals surface area (Å²) in [5.74, 6) is -0.686. The Labute approximate surface area is 148 Å². The van der Waals surface area contributed by atoms with Crippen LogP contribution in [0, 0.1) is 0 Å². The molecule has 3 rings (SSSR count). The van der Waals surface area contributed by atoms with Crippen LogP contribution in [0.3, 0.4) is 0 Å². The molecule has 0 aliphatic heterocycles. The van der Waals surface area contributed by atoms with Crippen molar-refractivity contribution in [3.63, 3.8) is 0 Å². The quantitative estimate of drug-likeness (QED) is 0.705. The molecule has 0 saturated heterocycles. The first-order valence-corrected chi connectivity index (χ1v) is 8.72. The number of amides is 2. The molecule has 0 bridgehead atoms. The van der Waals surface area contributed by atoms with Gasteiger partial charge in [0.05, 0.1) is 16.8 Å². The van der Waals surface area contributed by atoms with Crippen LogP contribution in [0.15, 0.2) is 36.7 Å². The van der Waals surface area contributed by atoms with Crippen LogP contribution in [-0.4, -0.2) is 39.9 Å².